The summed E-state index contributed by atoms with van der Waals surface area (Å²) in [6.07, 6.45) is 0.693. The molecule has 1 amide bonds. The van der Waals surface area contributed by atoms with Gasteiger partial charge in [0.1, 0.15) is 10.0 Å². The molecular formula is C16H17N3O2S2. The molecule has 0 unspecified atom stereocenters. The largest absolute Gasteiger partial charge is 0.296 e. The van der Waals surface area contributed by atoms with Gasteiger partial charge in [-0.2, -0.15) is 0 Å². The summed E-state index contributed by atoms with van der Waals surface area (Å²) in [6, 6.07) is 9.36. The second-order valence-corrected chi connectivity index (χ2v) is 7.20. The molecule has 0 spiro atoms. The third-order valence-corrected chi connectivity index (χ3v) is 5.71. The van der Waals surface area contributed by atoms with Gasteiger partial charge in [-0.15, -0.1) is 0 Å². The summed E-state index contributed by atoms with van der Waals surface area (Å²) < 4.78 is 3.77. The summed E-state index contributed by atoms with van der Waals surface area (Å²) in [6.45, 7) is 3.78. The second kappa shape index (κ2) is 5.98. The molecule has 0 saturated carbocycles. The summed E-state index contributed by atoms with van der Waals surface area (Å²) in [7, 11) is 1.81. The number of aromatic nitrogens is 2. The van der Waals surface area contributed by atoms with Gasteiger partial charge in [0.2, 0.25) is 5.91 Å². The van der Waals surface area contributed by atoms with Gasteiger partial charge in [-0.1, -0.05) is 49.1 Å². The Kier molecular flexibility index (Phi) is 4.16. The van der Waals surface area contributed by atoms with Crippen LogP contribution in [0.5, 0.6) is 0 Å². The van der Waals surface area contributed by atoms with Crippen LogP contribution in [-0.4, -0.2) is 24.8 Å². The van der Waals surface area contributed by atoms with Crippen molar-refractivity contribution in [1.29, 1.82) is 0 Å². The lowest BCUT2D eigenvalue weighted by Crippen LogP contribution is -2.35. The van der Waals surface area contributed by atoms with E-state index < -0.39 is 0 Å². The lowest BCUT2D eigenvalue weighted by Gasteiger charge is -2.13. The van der Waals surface area contributed by atoms with E-state index in [1.165, 1.54) is 16.7 Å². The van der Waals surface area contributed by atoms with E-state index in [4.69, 9.17) is 12.2 Å². The highest BCUT2D eigenvalue weighted by atomic mass is 32.2. The smallest absolute Gasteiger partial charge is 0.283 e. The van der Waals surface area contributed by atoms with Crippen molar-refractivity contribution in [2.75, 3.05) is 4.90 Å². The normalized spacial score (nSPS) is 18.0. The molecule has 1 aliphatic rings. The predicted molar refractivity (Wildman–Crippen MR) is 97.5 cm³/mol. The third-order valence-electron chi connectivity index (χ3n) is 4.04. The Balaban J connectivity index is 2.18. The van der Waals surface area contributed by atoms with E-state index in [9.17, 15) is 9.59 Å². The minimum Gasteiger partial charge on any atom is -0.283 e. The highest BCUT2D eigenvalue weighted by Crippen LogP contribution is 2.33. The van der Waals surface area contributed by atoms with Crippen LogP contribution in [0.25, 0.3) is 5.69 Å². The molecular weight excluding hydrogens is 330 g/mol. The minimum absolute atomic E-state index is 0.103. The molecule has 1 aromatic carbocycles. The van der Waals surface area contributed by atoms with E-state index in [1.807, 2.05) is 44.2 Å². The van der Waals surface area contributed by atoms with E-state index in [0.717, 1.165) is 5.69 Å². The number of amides is 1. The Morgan fingerprint density at radius 3 is 2.43 bits per heavy atom. The third kappa shape index (κ3) is 2.44. The fraction of sp³-hybridized carbons (Fsp3) is 0.312. The second-order valence-electron chi connectivity index (χ2n) is 5.36. The Labute approximate surface area is 143 Å². The number of hydrogen-bond acceptors (Lipinski definition) is 4. The van der Waals surface area contributed by atoms with Gasteiger partial charge in [-0.05, 0) is 25.5 Å². The molecule has 0 N–H and O–H groups in total. The number of anilines is 1. The Morgan fingerprint density at radius 2 is 1.87 bits per heavy atom. The van der Waals surface area contributed by atoms with Gasteiger partial charge in [0.05, 0.1) is 16.6 Å². The topological polar surface area (TPSA) is 47.2 Å². The molecule has 0 radical (unpaired) electrons. The van der Waals surface area contributed by atoms with Gasteiger partial charge in [-0.25, -0.2) is 4.68 Å². The molecule has 3 rings (SSSR count). The molecule has 7 heteroatoms. The fourth-order valence-corrected chi connectivity index (χ4v) is 4.16. The zero-order valence-corrected chi connectivity index (χ0v) is 14.8. The zero-order valence-electron chi connectivity index (χ0n) is 13.1. The molecule has 1 aromatic heterocycles. The summed E-state index contributed by atoms with van der Waals surface area (Å²) in [4.78, 5) is 26.9. The lowest BCUT2D eigenvalue weighted by molar-refractivity contribution is -0.116. The number of carbonyl (C=O) groups excluding carboxylic acids is 1. The van der Waals surface area contributed by atoms with E-state index in [1.54, 1.807) is 16.4 Å². The van der Waals surface area contributed by atoms with Crippen molar-refractivity contribution in [3.05, 3.63) is 46.4 Å². The van der Waals surface area contributed by atoms with Crippen LogP contribution in [0.4, 0.5) is 5.69 Å². The number of nitrogens with zero attached hydrogens (tertiary/aromatic N) is 3. The van der Waals surface area contributed by atoms with Crippen molar-refractivity contribution in [2.24, 2.45) is 7.05 Å². The zero-order chi connectivity index (χ0) is 16.7. The number of thiocarbonyl (C=S) groups is 1. The number of benzene rings is 1. The van der Waals surface area contributed by atoms with E-state index >= 15 is 0 Å². The maximum absolute atomic E-state index is 13.0. The summed E-state index contributed by atoms with van der Waals surface area (Å²) in [5, 5.41) is -0.202. The highest BCUT2D eigenvalue weighted by molar-refractivity contribution is 8.25. The molecule has 1 aliphatic heterocycles. The van der Waals surface area contributed by atoms with Gasteiger partial charge in [0.15, 0.2) is 0 Å². The molecule has 1 atom stereocenters. The van der Waals surface area contributed by atoms with Crippen molar-refractivity contribution >= 4 is 39.9 Å². The first-order valence-electron chi connectivity index (χ1n) is 7.36. The average Bonchev–Trinajstić information content (AvgIpc) is 2.94. The first kappa shape index (κ1) is 16.0. The van der Waals surface area contributed by atoms with Gasteiger partial charge in [-0.3, -0.25) is 19.2 Å². The molecule has 2 heterocycles. The number of thioether (sulfide) groups is 1. The Bertz CT molecular complexity index is 839. The van der Waals surface area contributed by atoms with Gasteiger partial charge >= 0.3 is 0 Å². The fourth-order valence-electron chi connectivity index (χ4n) is 2.73. The van der Waals surface area contributed by atoms with Gasteiger partial charge < -0.3 is 0 Å². The van der Waals surface area contributed by atoms with E-state index in [2.05, 4.69) is 0 Å². The number of hydrogen-bond donors (Lipinski definition) is 0. The molecule has 1 saturated heterocycles. The molecule has 0 bridgehead atoms. The van der Waals surface area contributed by atoms with Crippen LogP contribution in [0.1, 0.15) is 19.0 Å². The molecule has 5 nitrogen and oxygen atoms in total. The van der Waals surface area contributed by atoms with Crippen LogP contribution in [0, 0.1) is 6.92 Å². The summed E-state index contributed by atoms with van der Waals surface area (Å²) in [5.41, 5.74) is 1.59. The van der Waals surface area contributed by atoms with Gasteiger partial charge in [0, 0.05) is 7.05 Å². The summed E-state index contributed by atoms with van der Waals surface area (Å²) in [5.74, 6) is -0.103. The van der Waals surface area contributed by atoms with Crippen LogP contribution in [0.3, 0.4) is 0 Å². The Morgan fingerprint density at radius 1 is 1.22 bits per heavy atom. The van der Waals surface area contributed by atoms with Crippen molar-refractivity contribution in [1.82, 2.24) is 9.36 Å². The molecule has 120 valence electrons. The van der Waals surface area contributed by atoms with Crippen LogP contribution in [0.2, 0.25) is 0 Å². The SMILES string of the molecule is CC[C@@H]1SC(=S)N(c2c(C)n(C)n(-c3ccccc3)c2=O)C1=O. The van der Waals surface area contributed by atoms with Crippen LogP contribution in [0.15, 0.2) is 35.1 Å². The molecule has 1 fully saturated rings. The van der Waals surface area contributed by atoms with Crippen LogP contribution >= 0.6 is 24.0 Å². The first-order valence-corrected chi connectivity index (χ1v) is 8.64. The molecule has 0 aliphatic carbocycles. The molecule has 23 heavy (non-hydrogen) atoms. The Hall–Kier alpha value is -1.86. The van der Waals surface area contributed by atoms with Gasteiger partial charge in [0.25, 0.3) is 5.56 Å². The van der Waals surface area contributed by atoms with Crippen LogP contribution in [-0.2, 0) is 11.8 Å². The molecule has 2 aromatic rings. The quantitative estimate of drug-likeness (QED) is 0.801. The monoisotopic (exact) mass is 347 g/mol. The number of rotatable bonds is 3. The van der Waals surface area contributed by atoms with E-state index in [0.29, 0.717) is 22.1 Å². The summed E-state index contributed by atoms with van der Waals surface area (Å²) >= 11 is 6.70. The standard InChI is InChI=1S/C16H17N3O2S2/c1-4-12-14(20)18(16(22)23-12)13-10(2)17(3)19(15(13)21)11-8-6-5-7-9-11/h5-9,12H,4H2,1-3H3/t12-/m0/s1. The number of para-hydroxylation sites is 1. The maximum atomic E-state index is 13.0. The highest BCUT2D eigenvalue weighted by Gasteiger charge is 2.40. The predicted octanol–water partition coefficient (Wildman–Crippen LogP) is 2.63. The number of carbonyl (C=O) groups is 1. The van der Waals surface area contributed by atoms with Crippen molar-refractivity contribution in [3.63, 3.8) is 0 Å². The van der Waals surface area contributed by atoms with Crippen molar-refractivity contribution in [2.45, 2.75) is 25.5 Å². The van der Waals surface area contributed by atoms with E-state index in [-0.39, 0.29) is 16.7 Å². The lowest BCUT2D eigenvalue weighted by atomic mass is 10.2. The van der Waals surface area contributed by atoms with Crippen molar-refractivity contribution in [3.8, 4) is 5.69 Å². The average molecular weight is 347 g/mol. The van der Waals surface area contributed by atoms with Crippen LogP contribution < -0.4 is 10.5 Å². The van der Waals surface area contributed by atoms with Crippen molar-refractivity contribution < 1.29 is 4.79 Å². The minimum atomic E-state index is -0.232. The first-order chi connectivity index (χ1) is 11.0. The maximum Gasteiger partial charge on any atom is 0.296 e.